The van der Waals surface area contributed by atoms with Crippen molar-refractivity contribution in [2.75, 3.05) is 0 Å². The zero-order valence-corrected chi connectivity index (χ0v) is 12.3. The predicted molar refractivity (Wildman–Crippen MR) is 75.7 cm³/mol. The van der Waals surface area contributed by atoms with Gasteiger partial charge in [-0.1, -0.05) is 19.9 Å². The quantitative estimate of drug-likeness (QED) is 0.838. The summed E-state index contributed by atoms with van der Waals surface area (Å²) in [6, 6.07) is 4.85. The third-order valence-corrected chi connectivity index (χ3v) is 4.00. The normalized spacial score (nSPS) is 12.5. The van der Waals surface area contributed by atoms with Crippen molar-refractivity contribution in [2.24, 2.45) is 5.92 Å². The van der Waals surface area contributed by atoms with Gasteiger partial charge in [-0.2, -0.15) is 0 Å². The molecular formula is C15H14F3NOS. The van der Waals surface area contributed by atoms with E-state index in [1.165, 1.54) is 11.3 Å². The zero-order chi connectivity index (χ0) is 15.6. The van der Waals surface area contributed by atoms with E-state index < -0.39 is 23.4 Å². The summed E-state index contributed by atoms with van der Waals surface area (Å²) in [5, 5.41) is 4.61. The highest BCUT2D eigenvalue weighted by Crippen LogP contribution is 2.26. The highest BCUT2D eigenvalue weighted by molar-refractivity contribution is 7.10. The fraction of sp³-hybridized carbons (Fsp3) is 0.267. The Hall–Kier alpha value is -1.82. The standard InChI is InChI=1S/C15H14F3NOS/c1-8(2)14(12-4-3-5-21-12)19-15(20)9-6-10(16)13(18)11(17)7-9/h3-8,14H,1-2H3,(H,19,20). The van der Waals surface area contributed by atoms with Crippen LogP contribution in [0.4, 0.5) is 13.2 Å². The van der Waals surface area contributed by atoms with Crippen molar-refractivity contribution in [3.8, 4) is 0 Å². The maximum atomic E-state index is 13.2. The Labute approximate surface area is 124 Å². The molecule has 6 heteroatoms. The molecule has 1 atom stereocenters. The van der Waals surface area contributed by atoms with Gasteiger partial charge in [0.25, 0.3) is 5.91 Å². The van der Waals surface area contributed by atoms with Crippen molar-refractivity contribution in [3.63, 3.8) is 0 Å². The third kappa shape index (κ3) is 3.44. The van der Waals surface area contributed by atoms with Gasteiger partial charge in [-0.3, -0.25) is 4.79 Å². The minimum atomic E-state index is -1.58. The SMILES string of the molecule is CC(C)C(NC(=O)c1cc(F)c(F)c(F)c1)c1cccs1. The molecule has 0 saturated heterocycles. The van der Waals surface area contributed by atoms with Crippen molar-refractivity contribution in [1.29, 1.82) is 0 Å². The van der Waals surface area contributed by atoms with E-state index in [2.05, 4.69) is 5.32 Å². The molecule has 112 valence electrons. The number of amides is 1. The fourth-order valence-corrected chi connectivity index (χ4v) is 2.89. The second-order valence-corrected chi connectivity index (χ2v) is 5.94. The summed E-state index contributed by atoms with van der Waals surface area (Å²) in [4.78, 5) is 13.1. The lowest BCUT2D eigenvalue weighted by Gasteiger charge is -2.21. The first-order chi connectivity index (χ1) is 9.90. The van der Waals surface area contributed by atoms with E-state index in [4.69, 9.17) is 0 Å². The van der Waals surface area contributed by atoms with Crippen LogP contribution in [-0.2, 0) is 0 Å². The van der Waals surface area contributed by atoms with Crippen LogP contribution in [0.5, 0.6) is 0 Å². The van der Waals surface area contributed by atoms with Gasteiger partial charge in [0.1, 0.15) is 0 Å². The number of hydrogen-bond donors (Lipinski definition) is 1. The molecule has 2 nitrogen and oxygen atoms in total. The van der Waals surface area contributed by atoms with Gasteiger partial charge in [-0.05, 0) is 29.5 Å². The average molecular weight is 313 g/mol. The summed E-state index contributed by atoms with van der Waals surface area (Å²) in [7, 11) is 0. The van der Waals surface area contributed by atoms with Crippen molar-refractivity contribution in [3.05, 3.63) is 57.5 Å². The predicted octanol–water partition coefficient (Wildman–Crippen LogP) is 4.29. The van der Waals surface area contributed by atoms with Gasteiger partial charge in [0.15, 0.2) is 17.5 Å². The van der Waals surface area contributed by atoms with Crippen LogP contribution in [0.15, 0.2) is 29.6 Å². The molecule has 0 radical (unpaired) electrons. The first-order valence-corrected chi connectivity index (χ1v) is 7.27. The van der Waals surface area contributed by atoms with Gasteiger partial charge in [0.05, 0.1) is 6.04 Å². The molecule has 1 amide bonds. The second kappa shape index (κ2) is 6.30. The van der Waals surface area contributed by atoms with Crippen LogP contribution in [0.25, 0.3) is 0 Å². The molecule has 1 unspecified atom stereocenters. The lowest BCUT2D eigenvalue weighted by molar-refractivity contribution is 0.0925. The van der Waals surface area contributed by atoms with Crippen molar-refractivity contribution in [2.45, 2.75) is 19.9 Å². The van der Waals surface area contributed by atoms with Crippen molar-refractivity contribution in [1.82, 2.24) is 5.32 Å². The molecular weight excluding hydrogens is 299 g/mol. The van der Waals surface area contributed by atoms with E-state index in [1.807, 2.05) is 31.4 Å². The summed E-state index contributed by atoms with van der Waals surface area (Å²) in [6.07, 6.45) is 0. The average Bonchev–Trinajstić information content (AvgIpc) is 2.94. The zero-order valence-electron chi connectivity index (χ0n) is 11.5. The van der Waals surface area contributed by atoms with E-state index >= 15 is 0 Å². The van der Waals surface area contributed by atoms with E-state index in [9.17, 15) is 18.0 Å². The molecule has 0 bridgehead atoms. The number of rotatable bonds is 4. The molecule has 1 aromatic carbocycles. The lowest BCUT2D eigenvalue weighted by Crippen LogP contribution is -2.31. The third-order valence-electron chi connectivity index (χ3n) is 3.05. The maximum absolute atomic E-state index is 13.2. The maximum Gasteiger partial charge on any atom is 0.252 e. The molecule has 0 aliphatic rings. The summed E-state index contributed by atoms with van der Waals surface area (Å²) in [5.41, 5.74) is -0.242. The van der Waals surface area contributed by atoms with Crippen LogP contribution in [-0.4, -0.2) is 5.91 Å². The molecule has 0 aliphatic carbocycles. The van der Waals surface area contributed by atoms with Crippen LogP contribution >= 0.6 is 11.3 Å². The Kier molecular flexibility index (Phi) is 4.67. The molecule has 1 heterocycles. The number of benzene rings is 1. The summed E-state index contributed by atoms with van der Waals surface area (Å²) >= 11 is 1.48. The van der Waals surface area contributed by atoms with Gasteiger partial charge in [-0.25, -0.2) is 13.2 Å². The Bertz CT molecular complexity index is 617. The molecule has 21 heavy (non-hydrogen) atoms. The Morgan fingerprint density at radius 1 is 1.19 bits per heavy atom. The van der Waals surface area contributed by atoms with Crippen LogP contribution in [0.2, 0.25) is 0 Å². The summed E-state index contributed by atoms with van der Waals surface area (Å²) in [6.45, 7) is 3.85. The topological polar surface area (TPSA) is 29.1 Å². The van der Waals surface area contributed by atoms with E-state index in [1.54, 1.807) is 0 Å². The van der Waals surface area contributed by atoms with E-state index in [0.717, 1.165) is 4.88 Å². The number of nitrogens with one attached hydrogen (secondary N) is 1. The number of halogens is 3. The first kappa shape index (κ1) is 15.6. The lowest BCUT2D eigenvalue weighted by atomic mass is 10.0. The van der Waals surface area contributed by atoms with Gasteiger partial charge in [0.2, 0.25) is 0 Å². The Balaban J connectivity index is 2.24. The Morgan fingerprint density at radius 2 is 1.81 bits per heavy atom. The van der Waals surface area contributed by atoms with Crippen LogP contribution in [0, 0.1) is 23.4 Å². The molecule has 0 saturated carbocycles. The van der Waals surface area contributed by atoms with Gasteiger partial charge in [0, 0.05) is 10.4 Å². The van der Waals surface area contributed by atoms with Crippen LogP contribution in [0.3, 0.4) is 0 Å². The second-order valence-electron chi connectivity index (χ2n) is 4.96. The largest absolute Gasteiger partial charge is 0.344 e. The smallest absolute Gasteiger partial charge is 0.252 e. The molecule has 2 rings (SSSR count). The van der Waals surface area contributed by atoms with E-state index in [0.29, 0.717) is 12.1 Å². The van der Waals surface area contributed by atoms with Crippen molar-refractivity contribution < 1.29 is 18.0 Å². The molecule has 0 spiro atoms. The number of carbonyl (C=O) groups is 1. The van der Waals surface area contributed by atoms with Gasteiger partial charge >= 0.3 is 0 Å². The number of carbonyl (C=O) groups excluding carboxylic acids is 1. The highest BCUT2D eigenvalue weighted by Gasteiger charge is 2.21. The van der Waals surface area contributed by atoms with Crippen LogP contribution < -0.4 is 5.32 Å². The summed E-state index contributed by atoms with van der Waals surface area (Å²) in [5.74, 6) is -4.87. The number of thiophene rings is 1. The molecule has 1 N–H and O–H groups in total. The van der Waals surface area contributed by atoms with Crippen LogP contribution in [0.1, 0.15) is 35.1 Å². The fourth-order valence-electron chi connectivity index (χ4n) is 1.95. The summed E-state index contributed by atoms with van der Waals surface area (Å²) < 4.78 is 39.3. The van der Waals surface area contributed by atoms with E-state index in [-0.39, 0.29) is 17.5 Å². The molecule has 2 aromatic rings. The molecule has 1 aromatic heterocycles. The van der Waals surface area contributed by atoms with Crippen molar-refractivity contribution >= 4 is 17.2 Å². The number of hydrogen-bond acceptors (Lipinski definition) is 2. The molecule has 0 aliphatic heterocycles. The minimum Gasteiger partial charge on any atom is -0.344 e. The molecule has 0 fully saturated rings. The monoisotopic (exact) mass is 313 g/mol. The van der Waals surface area contributed by atoms with Gasteiger partial charge < -0.3 is 5.32 Å². The Morgan fingerprint density at radius 3 is 2.29 bits per heavy atom. The minimum absolute atomic E-state index is 0.0998. The first-order valence-electron chi connectivity index (χ1n) is 6.39. The highest BCUT2D eigenvalue weighted by atomic mass is 32.1. The van der Waals surface area contributed by atoms with Gasteiger partial charge in [-0.15, -0.1) is 11.3 Å².